The third kappa shape index (κ3) is 9.62. The van der Waals surface area contributed by atoms with Gasteiger partial charge in [0.15, 0.2) is 0 Å². The number of likely N-dealkylation sites (tertiary alicyclic amines) is 2. The lowest BCUT2D eigenvalue weighted by molar-refractivity contribution is -0.193. The largest absolute Gasteiger partial charge is 0.490 e. The monoisotopic (exact) mass is 532 g/mol. The van der Waals surface area contributed by atoms with Crippen LogP contribution in [-0.4, -0.2) is 89.7 Å². The second-order valence-electron chi connectivity index (χ2n) is 8.95. The Labute approximate surface area is 203 Å². The van der Waals surface area contributed by atoms with Gasteiger partial charge in [-0.1, -0.05) is 0 Å². The predicted molar refractivity (Wildman–Crippen MR) is 113 cm³/mol. The molecule has 0 aliphatic carbocycles. The van der Waals surface area contributed by atoms with E-state index in [1.165, 1.54) is 45.4 Å². The maximum atomic E-state index is 10.6. The highest BCUT2D eigenvalue weighted by molar-refractivity contribution is 5.73. The van der Waals surface area contributed by atoms with Crippen molar-refractivity contribution in [1.82, 2.24) is 9.80 Å². The highest BCUT2D eigenvalue weighted by Crippen LogP contribution is 2.35. The zero-order chi connectivity index (χ0) is 27.1. The van der Waals surface area contributed by atoms with Crippen molar-refractivity contribution in [3.8, 4) is 0 Å². The standard InChI is InChI=1S/C18H28N2O2.2C2HF3O2/c1-14-4-5-16(22-14)10-20-9-6-15-13-21-18(17(15)11-20)12-19-7-2-3-8-19;2*3-2(4,5)1(6)7/h4-5,15,17-18H,2-3,6-13H2,1H3;2*(H,6,7)/t15-,17-,18+;;/m0../s1. The Hall–Kier alpha value is -2.32. The van der Waals surface area contributed by atoms with E-state index in [-0.39, 0.29) is 0 Å². The fourth-order valence-corrected chi connectivity index (χ4v) is 4.44. The molecule has 0 bridgehead atoms. The Morgan fingerprint density at radius 2 is 1.53 bits per heavy atom. The Morgan fingerprint density at radius 1 is 0.972 bits per heavy atom. The van der Waals surface area contributed by atoms with Crippen LogP contribution in [0.3, 0.4) is 0 Å². The molecule has 2 N–H and O–H groups in total. The minimum absolute atomic E-state index is 0.448. The van der Waals surface area contributed by atoms with Crippen molar-refractivity contribution in [1.29, 1.82) is 0 Å². The summed E-state index contributed by atoms with van der Waals surface area (Å²) in [6.07, 6.45) is -5.71. The lowest BCUT2D eigenvalue weighted by atomic mass is 9.84. The third-order valence-electron chi connectivity index (χ3n) is 6.19. The summed E-state index contributed by atoms with van der Waals surface area (Å²) in [5.41, 5.74) is 0. The van der Waals surface area contributed by atoms with Gasteiger partial charge in [-0.25, -0.2) is 9.59 Å². The van der Waals surface area contributed by atoms with Crippen LogP contribution >= 0.6 is 0 Å². The van der Waals surface area contributed by atoms with E-state index < -0.39 is 24.3 Å². The fraction of sp³-hybridized carbons (Fsp3) is 0.727. The van der Waals surface area contributed by atoms with E-state index in [9.17, 15) is 26.3 Å². The number of nitrogens with zero attached hydrogens (tertiary/aromatic N) is 2. The van der Waals surface area contributed by atoms with Gasteiger partial charge in [0.25, 0.3) is 0 Å². The summed E-state index contributed by atoms with van der Waals surface area (Å²) in [7, 11) is 0. The van der Waals surface area contributed by atoms with Gasteiger partial charge in [-0.3, -0.25) is 4.90 Å². The van der Waals surface area contributed by atoms with Crippen molar-refractivity contribution < 1.29 is 55.3 Å². The van der Waals surface area contributed by atoms with Crippen LogP contribution in [-0.2, 0) is 20.9 Å². The van der Waals surface area contributed by atoms with Gasteiger partial charge in [0.05, 0.1) is 19.3 Å². The second kappa shape index (κ2) is 12.8. The number of carboxylic acids is 2. The number of ether oxygens (including phenoxy) is 1. The number of hydrogen-bond donors (Lipinski definition) is 2. The Kier molecular flexibility index (Phi) is 10.6. The van der Waals surface area contributed by atoms with Gasteiger partial charge in [0.1, 0.15) is 11.5 Å². The highest BCUT2D eigenvalue weighted by atomic mass is 19.4. The molecule has 3 aliphatic rings. The molecule has 206 valence electrons. The first-order valence-electron chi connectivity index (χ1n) is 11.4. The molecule has 0 saturated carbocycles. The predicted octanol–water partition coefficient (Wildman–Crippen LogP) is 3.79. The lowest BCUT2D eigenvalue weighted by Gasteiger charge is -2.36. The van der Waals surface area contributed by atoms with E-state index in [1.54, 1.807) is 0 Å². The number of furan rings is 1. The Balaban J connectivity index is 0.000000271. The zero-order valence-electron chi connectivity index (χ0n) is 19.6. The van der Waals surface area contributed by atoms with Crippen molar-refractivity contribution in [3.05, 3.63) is 23.7 Å². The molecule has 1 aromatic rings. The molecule has 3 fully saturated rings. The summed E-state index contributed by atoms with van der Waals surface area (Å²) in [5.74, 6) is -1.90. The average molecular weight is 532 g/mol. The van der Waals surface area contributed by atoms with Crippen LogP contribution in [0.2, 0.25) is 0 Å². The van der Waals surface area contributed by atoms with Gasteiger partial charge < -0.3 is 24.3 Å². The maximum Gasteiger partial charge on any atom is 0.490 e. The van der Waals surface area contributed by atoms with Gasteiger partial charge in [0.2, 0.25) is 0 Å². The summed E-state index contributed by atoms with van der Waals surface area (Å²) in [6.45, 7) is 9.99. The first-order valence-corrected chi connectivity index (χ1v) is 11.4. The topological polar surface area (TPSA) is 103 Å². The number of aryl methyl sites for hydroxylation is 1. The van der Waals surface area contributed by atoms with Crippen LogP contribution < -0.4 is 0 Å². The molecule has 0 amide bonds. The van der Waals surface area contributed by atoms with Crippen molar-refractivity contribution in [2.45, 2.75) is 51.2 Å². The third-order valence-corrected chi connectivity index (χ3v) is 6.19. The second-order valence-corrected chi connectivity index (χ2v) is 8.95. The number of fused-ring (bicyclic) bond motifs is 1. The number of carbonyl (C=O) groups is 2. The molecule has 0 aromatic carbocycles. The lowest BCUT2D eigenvalue weighted by Crippen LogP contribution is -2.44. The van der Waals surface area contributed by atoms with Crippen molar-refractivity contribution in [3.63, 3.8) is 0 Å². The van der Waals surface area contributed by atoms with Crippen molar-refractivity contribution in [2.75, 3.05) is 39.3 Å². The smallest absolute Gasteiger partial charge is 0.475 e. The number of halogens is 6. The molecule has 4 rings (SSSR count). The normalized spacial score (nSPS) is 24.8. The Morgan fingerprint density at radius 3 is 2.00 bits per heavy atom. The van der Waals surface area contributed by atoms with Crippen LogP contribution in [0.15, 0.2) is 16.5 Å². The molecule has 0 radical (unpaired) electrons. The van der Waals surface area contributed by atoms with E-state index >= 15 is 0 Å². The average Bonchev–Trinajstić information content (AvgIpc) is 3.51. The van der Waals surface area contributed by atoms with E-state index in [4.69, 9.17) is 29.0 Å². The molecule has 3 aliphatic heterocycles. The fourth-order valence-electron chi connectivity index (χ4n) is 4.44. The van der Waals surface area contributed by atoms with Gasteiger partial charge in [-0.2, -0.15) is 26.3 Å². The number of alkyl halides is 6. The Bertz CT molecular complexity index is 829. The molecule has 8 nitrogen and oxygen atoms in total. The van der Waals surface area contributed by atoms with Crippen LogP contribution in [0.25, 0.3) is 0 Å². The van der Waals surface area contributed by atoms with Crippen LogP contribution in [0.5, 0.6) is 0 Å². The molecule has 0 spiro atoms. The van der Waals surface area contributed by atoms with Crippen molar-refractivity contribution >= 4 is 11.9 Å². The van der Waals surface area contributed by atoms with E-state index in [0.717, 1.165) is 37.1 Å². The minimum atomic E-state index is -5.08. The molecule has 14 heteroatoms. The first-order chi connectivity index (χ1) is 16.7. The summed E-state index contributed by atoms with van der Waals surface area (Å²) in [4.78, 5) is 23.0. The number of piperidine rings is 1. The van der Waals surface area contributed by atoms with Crippen LogP contribution in [0, 0.1) is 18.8 Å². The molecule has 0 unspecified atom stereocenters. The summed E-state index contributed by atoms with van der Waals surface area (Å²) in [6, 6.07) is 4.19. The SMILES string of the molecule is Cc1ccc(CN2CC[C@H]3CO[C@H](CN4CCCC4)[C@H]3C2)o1.O=C(O)C(F)(F)F.O=C(O)C(F)(F)F. The molecule has 1 aromatic heterocycles. The van der Waals surface area contributed by atoms with Crippen molar-refractivity contribution in [2.24, 2.45) is 11.8 Å². The number of carboxylic acid groups (broad SMARTS) is 2. The first kappa shape index (κ1) is 29.9. The van der Waals surface area contributed by atoms with Gasteiger partial charge in [-0.05, 0) is 63.9 Å². The summed E-state index contributed by atoms with van der Waals surface area (Å²) in [5, 5.41) is 14.2. The van der Waals surface area contributed by atoms with E-state index in [1.807, 2.05) is 6.92 Å². The summed E-state index contributed by atoms with van der Waals surface area (Å²) < 4.78 is 75.4. The van der Waals surface area contributed by atoms with Gasteiger partial charge in [-0.15, -0.1) is 0 Å². The summed E-state index contributed by atoms with van der Waals surface area (Å²) >= 11 is 0. The quantitative estimate of drug-likeness (QED) is 0.565. The highest BCUT2D eigenvalue weighted by Gasteiger charge is 2.42. The van der Waals surface area contributed by atoms with Crippen LogP contribution in [0.4, 0.5) is 26.3 Å². The van der Waals surface area contributed by atoms with Gasteiger partial charge >= 0.3 is 24.3 Å². The van der Waals surface area contributed by atoms with E-state index in [0.29, 0.717) is 12.0 Å². The molecule has 36 heavy (non-hydrogen) atoms. The molecule has 3 atom stereocenters. The number of hydrogen-bond acceptors (Lipinski definition) is 6. The van der Waals surface area contributed by atoms with Gasteiger partial charge in [0, 0.05) is 19.0 Å². The maximum absolute atomic E-state index is 10.6. The van der Waals surface area contributed by atoms with Crippen LogP contribution in [0.1, 0.15) is 30.8 Å². The molecule has 3 saturated heterocycles. The van der Waals surface area contributed by atoms with E-state index in [2.05, 4.69) is 21.9 Å². The minimum Gasteiger partial charge on any atom is -0.475 e. The zero-order valence-corrected chi connectivity index (χ0v) is 19.6. The number of aliphatic carboxylic acids is 2. The number of rotatable bonds is 4. The molecular weight excluding hydrogens is 502 g/mol. The molecular formula is C22H30F6N2O6. The molecule has 4 heterocycles.